The number of carboxylic acids is 1. The molecule has 1 fully saturated rings. The Labute approximate surface area is 190 Å². The maximum absolute atomic E-state index is 13.1. The zero-order valence-electron chi connectivity index (χ0n) is 17.2. The SMILES string of the molecule is CCCCOc1ccc(/C=C2/SC(=S)N(C(C(=O)O)c3ccccc3)C2=O)cc1OC. The molecule has 0 saturated carbocycles. The van der Waals surface area contributed by atoms with E-state index >= 15 is 0 Å². The number of methoxy groups -OCH3 is 1. The maximum atomic E-state index is 13.1. The van der Waals surface area contributed by atoms with Crippen LogP contribution in [-0.4, -0.2) is 39.9 Å². The quantitative estimate of drug-likeness (QED) is 0.326. The third-order valence-electron chi connectivity index (χ3n) is 4.67. The van der Waals surface area contributed by atoms with Crippen molar-refractivity contribution in [2.24, 2.45) is 0 Å². The van der Waals surface area contributed by atoms with E-state index < -0.39 is 17.9 Å². The molecule has 0 aliphatic carbocycles. The summed E-state index contributed by atoms with van der Waals surface area (Å²) in [5, 5.41) is 9.77. The van der Waals surface area contributed by atoms with Crippen molar-refractivity contribution in [3.63, 3.8) is 0 Å². The number of carboxylic acid groups (broad SMARTS) is 1. The van der Waals surface area contributed by atoms with E-state index in [4.69, 9.17) is 21.7 Å². The van der Waals surface area contributed by atoms with Crippen molar-refractivity contribution in [1.82, 2.24) is 4.90 Å². The number of unbranched alkanes of at least 4 members (excludes halogenated alkanes) is 1. The summed E-state index contributed by atoms with van der Waals surface area (Å²) >= 11 is 6.44. The van der Waals surface area contributed by atoms with E-state index in [-0.39, 0.29) is 4.32 Å². The van der Waals surface area contributed by atoms with Gasteiger partial charge in [-0.15, -0.1) is 0 Å². The summed E-state index contributed by atoms with van der Waals surface area (Å²) in [4.78, 5) is 26.5. The molecule has 0 radical (unpaired) electrons. The molecule has 1 heterocycles. The number of carbonyl (C=O) groups is 2. The zero-order chi connectivity index (χ0) is 22.4. The van der Waals surface area contributed by atoms with Gasteiger partial charge in [0.05, 0.1) is 18.6 Å². The van der Waals surface area contributed by atoms with Crippen molar-refractivity contribution in [3.05, 3.63) is 64.6 Å². The van der Waals surface area contributed by atoms with Crippen LogP contribution < -0.4 is 9.47 Å². The zero-order valence-corrected chi connectivity index (χ0v) is 18.9. The second-order valence-electron chi connectivity index (χ2n) is 6.82. The predicted molar refractivity (Wildman–Crippen MR) is 125 cm³/mol. The van der Waals surface area contributed by atoms with Crippen LogP contribution in [0.2, 0.25) is 0 Å². The fourth-order valence-electron chi connectivity index (χ4n) is 3.11. The highest BCUT2D eigenvalue weighted by molar-refractivity contribution is 8.26. The summed E-state index contributed by atoms with van der Waals surface area (Å²) in [7, 11) is 1.56. The Morgan fingerprint density at radius 1 is 1.23 bits per heavy atom. The van der Waals surface area contributed by atoms with Crippen molar-refractivity contribution >= 4 is 46.3 Å². The number of nitrogens with zero attached hydrogens (tertiary/aromatic N) is 1. The molecule has 3 rings (SSSR count). The number of hydrogen-bond acceptors (Lipinski definition) is 6. The van der Waals surface area contributed by atoms with Crippen molar-refractivity contribution in [1.29, 1.82) is 0 Å². The Balaban J connectivity index is 1.87. The predicted octanol–water partition coefficient (Wildman–Crippen LogP) is 4.90. The highest BCUT2D eigenvalue weighted by Crippen LogP contribution is 2.39. The Hall–Kier alpha value is -2.84. The molecule has 0 bridgehead atoms. The van der Waals surface area contributed by atoms with Crippen LogP contribution in [-0.2, 0) is 9.59 Å². The molecule has 6 nitrogen and oxygen atoms in total. The first-order valence-corrected chi connectivity index (χ1v) is 11.0. The standard InChI is InChI=1S/C23H23NO5S2/c1-3-4-12-29-17-11-10-15(13-18(17)28-2)14-19-21(25)24(23(30)31-19)20(22(26)27)16-8-6-5-7-9-16/h5-11,13-14,20H,3-4,12H2,1-2H3,(H,26,27)/b19-14+. The van der Waals surface area contributed by atoms with E-state index in [2.05, 4.69) is 6.92 Å². The van der Waals surface area contributed by atoms with E-state index in [0.29, 0.717) is 28.6 Å². The van der Waals surface area contributed by atoms with E-state index in [1.54, 1.807) is 55.7 Å². The first-order valence-electron chi connectivity index (χ1n) is 9.82. The van der Waals surface area contributed by atoms with Gasteiger partial charge in [-0.3, -0.25) is 9.69 Å². The van der Waals surface area contributed by atoms with E-state index in [1.807, 2.05) is 6.07 Å². The van der Waals surface area contributed by atoms with Crippen molar-refractivity contribution in [2.75, 3.05) is 13.7 Å². The number of amides is 1. The number of thioether (sulfide) groups is 1. The maximum Gasteiger partial charge on any atom is 0.331 e. The molecule has 1 amide bonds. The molecule has 0 aromatic heterocycles. The lowest BCUT2D eigenvalue weighted by Gasteiger charge is -2.23. The highest BCUT2D eigenvalue weighted by Gasteiger charge is 2.41. The van der Waals surface area contributed by atoms with Crippen molar-refractivity contribution in [3.8, 4) is 11.5 Å². The second kappa shape index (κ2) is 10.5. The van der Waals surface area contributed by atoms with Gasteiger partial charge in [0.2, 0.25) is 0 Å². The normalized spacial score (nSPS) is 15.9. The van der Waals surface area contributed by atoms with Crippen LogP contribution in [0, 0.1) is 0 Å². The molecule has 1 unspecified atom stereocenters. The average Bonchev–Trinajstić information content (AvgIpc) is 3.03. The number of aliphatic carboxylic acids is 1. The van der Waals surface area contributed by atoms with Crippen molar-refractivity contribution < 1.29 is 24.2 Å². The molecule has 2 aromatic carbocycles. The molecule has 31 heavy (non-hydrogen) atoms. The molecule has 1 saturated heterocycles. The minimum Gasteiger partial charge on any atom is -0.493 e. The summed E-state index contributed by atoms with van der Waals surface area (Å²) in [5.41, 5.74) is 1.22. The van der Waals surface area contributed by atoms with Crippen LogP contribution in [0.25, 0.3) is 6.08 Å². The van der Waals surface area contributed by atoms with E-state index in [1.165, 1.54) is 0 Å². The first kappa shape index (κ1) is 22.8. The van der Waals surface area contributed by atoms with Crippen molar-refractivity contribution in [2.45, 2.75) is 25.8 Å². The van der Waals surface area contributed by atoms with Gasteiger partial charge in [0, 0.05) is 0 Å². The molecular formula is C23H23NO5S2. The van der Waals surface area contributed by atoms with Crippen LogP contribution in [0.1, 0.15) is 36.9 Å². The lowest BCUT2D eigenvalue weighted by atomic mass is 10.1. The Morgan fingerprint density at radius 2 is 1.97 bits per heavy atom. The van der Waals surface area contributed by atoms with Gasteiger partial charge in [0.15, 0.2) is 17.5 Å². The lowest BCUT2D eigenvalue weighted by Crippen LogP contribution is -2.37. The third kappa shape index (κ3) is 5.26. The highest BCUT2D eigenvalue weighted by atomic mass is 32.2. The van der Waals surface area contributed by atoms with Gasteiger partial charge in [-0.2, -0.15) is 0 Å². The summed E-state index contributed by atoms with van der Waals surface area (Å²) in [6, 6.07) is 12.8. The summed E-state index contributed by atoms with van der Waals surface area (Å²) < 4.78 is 11.4. The number of hydrogen-bond donors (Lipinski definition) is 1. The summed E-state index contributed by atoms with van der Waals surface area (Å²) in [5.74, 6) is -0.379. The molecule has 8 heteroatoms. The fraction of sp³-hybridized carbons (Fsp3) is 0.261. The number of benzene rings is 2. The molecule has 1 aliphatic rings. The Morgan fingerprint density at radius 3 is 2.61 bits per heavy atom. The Kier molecular flexibility index (Phi) is 7.70. The fourth-order valence-corrected chi connectivity index (χ4v) is 4.42. The third-order valence-corrected chi connectivity index (χ3v) is 6.00. The summed E-state index contributed by atoms with van der Waals surface area (Å²) in [6.45, 7) is 2.69. The minimum atomic E-state index is -1.18. The second-order valence-corrected chi connectivity index (χ2v) is 8.49. The van der Waals surface area contributed by atoms with Crippen LogP contribution in [0.5, 0.6) is 11.5 Å². The Bertz CT molecular complexity index is 1010. The van der Waals surface area contributed by atoms with Crippen LogP contribution >= 0.6 is 24.0 Å². The lowest BCUT2D eigenvalue weighted by molar-refractivity contribution is -0.145. The number of ether oxygens (including phenoxy) is 2. The average molecular weight is 458 g/mol. The topological polar surface area (TPSA) is 76.1 Å². The van der Waals surface area contributed by atoms with Crippen LogP contribution in [0.4, 0.5) is 0 Å². The van der Waals surface area contributed by atoms with Crippen LogP contribution in [0.15, 0.2) is 53.4 Å². The van der Waals surface area contributed by atoms with Gasteiger partial charge in [-0.05, 0) is 35.8 Å². The summed E-state index contributed by atoms with van der Waals surface area (Å²) in [6.07, 6.45) is 3.66. The van der Waals surface area contributed by atoms with E-state index in [0.717, 1.165) is 35.1 Å². The molecule has 1 aliphatic heterocycles. The number of thiocarbonyl (C=S) groups is 1. The molecule has 2 aromatic rings. The van der Waals surface area contributed by atoms with Gasteiger partial charge >= 0.3 is 5.97 Å². The molecule has 1 N–H and O–H groups in total. The molecule has 162 valence electrons. The van der Waals surface area contributed by atoms with Gasteiger partial charge in [-0.25, -0.2) is 4.79 Å². The first-order chi connectivity index (χ1) is 15.0. The monoisotopic (exact) mass is 457 g/mol. The molecule has 1 atom stereocenters. The molecular weight excluding hydrogens is 434 g/mol. The molecule has 0 spiro atoms. The number of rotatable bonds is 9. The van der Waals surface area contributed by atoms with Gasteiger partial charge in [-0.1, -0.05) is 73.7 Å². The number of carbonyl (C=O) groups excluding carboxylic acids is 1. The minimum absolute atomic E-state index is 0.207. The van der Waals surface area contributed by atoms with Gasteiger partial charge in [0.1, 0.15) is 4.32 Å². The van der Waals surface area contributed by atoms with Gasteiger partial charge < -0.3 is 14.6 Å². The van der Waals surface area contributed by atoms with Gasteiger partial charge in [0.25, 0.3) is 5.91 Å². The van der Waals surface area contributed by atoms with E-state index in [9.17, 15) is 14.7 Å². The largest absolute Gasteiger partial charge is 0.493 e. The van der Waals surface area contributed by atoms with Crippen LogP contribution in [0.3, 0.4) is 0 Å². The smallest absolute Gasteiger partial charge is 0.331 e.